The molecule has 0 radical (unpaired) electrons. The van der Waals surface area contributed by atoms with Crippen LogP contribution in [0.3, 0.4) is 0 Å². The highest BCUT2D eigenvalue weighted by Gasteiger charge is 2.30. The fraction of sp³-hybridized carbons (Fsp3) is 0.909. The molecule has 5 heteroatoms. The molecule has 3 N–H and O–H groups in total. The molecule has 1 amide bonds. The quantitative estimate of drug-likeness (QED) is 0.788. The highest BCUT2D eigenvalue weighted by molar-refractivity contribution is 8.06. The Labute approximate surface area is 107 Å². The molecule has 16 heavy (non-hydrogen) atoms. The van der Waals surface area contributed by atoms with Crippen LogP contribution in [-0.2, 0) is 4.79 Å². The highest BCUT2D eigenvalue weighted by Crippen LogP contribution is 2.23. The lowest BCUT2D eigenvalue weighted by molar-refractivity contribution is -0.126. The zero-order valence-corrected chi connectivity index (χ0v) is 11.8. The maximum atomic E-state index is 11.9. The van der Waals surface area contributed by atoms with Gasteiger partial charge in [-0.2, -0.15) is 23.5 Å². The second-order valence-electron chi connectivity index (χ2n) is 4.14. The summed E-state index contributed by atoms with van der Waals surface area (Å²) in [5, 5.41) is 3.55. The first-order valence-corrected chi connectivity index (χ1v) is 8.09. The highest BCUT2D eigenvalue weighted by atomic mass is 32.2. The first-order valence-electron chi connectivity index (χ1n) is 5.89. The number of nitrogens with two attached hydrogens (primary N) is 1. The molecule has 0 bridgehead atoms. The molecule has 0 aromatic heterocycles. The van der Waals surface area contributed by atoms with E-state index in [1.165, 1.54) is 11.5 Å². The minimum Gasteiger partial charge on any atom is -0.353 e. The molecule has 1 rings (SSSR count). The van der Waals surface area contributed by atoms with Crippen molar-refractivity contribution in [3.8, 4) is 0 Å². The molecule has 1 saturated heterocycles. The van der Waals surface area contributed by atoms with Crippen LogP contribution in [0.25, 0.3) is 0 Å². The SMILES string of the molecule is CCC(N)(CC)C(=O)NCC1CSCCS1. The third-order valence-corrected chi connectivity index (χ3v) is 5.93. The Morgan fingerprint density at radius 1 is 1.44 bits per heavy atom. The number of amides is 1. The summed E-state index contributed by atoms with van der Waals surface area (Å²) in [6.07, 6.45) is 1.39. The molecule has 0 spiro atoms. The molecule has 1 atom stereocenters. The van der Waals surface area contributed by atoms with Gasteiger partial charge in [-0.1, -0.05) is 13.8 Å². The first kappa shape index (κ1) is 14.2. The van der Waals surface area contributed by atoms with Crippen molar-refractivity contribution in [1.29, 1.82) is 0 Å². The van der Waals surface area contributed by atoms with E-state index in [0.717, 1.165) is 12.3 Å². The lowest BCUT2D eigenvalue weighted by Crippen LogP contribution is -2.54. The standard InChI is InChI=1S/C11H22N2OS2/c1-3-11(12,4-2)10(14)13-7-9-8-15-5-6-16-9/h9H,3-8,12H2,1-2H3,(H,13,14). The average molecular weight is 262 g/mol. The maximum absolute atomic E-state index is 11.9. The van der Waals surface area contributed by atoms with Gasteiger partial charge in [-0.25, -0.2) is 0 Å². The molecule has 1 unspecified atom stereocenters. The van der Waals surface area contributed by atoms with Gasteiger partial charge in [0.1, 0.15) is 0 Å². The smallest absolute Gasteiger partial charge is 0.240 e. The zero-order chi connectivity index (χ0) is 12.0. The van der Waals surface area contributed by atoms with Crippen molar-refractivity contribution >= 4 is 29.4 Å². The van der Waals surface area contributed by atoms with Gasteiger partial charge >= 0.3 is 0 Å². The Hall–Kier alpha value is 0.130. The van der Waals surface area contributed by atoms with Crippen molar-refractivity contribution in [2.75, 3.05) is 23.8 Å². The van der Waals surface area contributed by atoms with Gasteiger partial charge in [0.25, 0.3) is 0 Å². The lowest BCUT2D eigenvalue weighted by Gasteiger charge is -2.27. The van der Waals surface area contributed by atoms with Crippen LogP contribution in [-0.4, -0.2) is 40.5 Å². The van der Waals surface area contributed by atoms with Crippen LogP contribution in [0, 0.1) is 0 Å². The number of nitrogens with one attached hydrogen (secondary N) is 1. The summed E-state index contributed by atoms with van der Waals surface area (Å²) in [4.78, 5) is 11.9. The molecule has 1 aliphatic rings. The second kappa shape index (κ2) is 6.77. The third kappa shape index (κ3) is 3.86. The summed E-state index contributed by atoms with van der Waals surface area (Å²) in [5.74, 6) is 3.58. The minimum absolute atomic E-state index is 0.00803. The van der Waals surface area contributed by atoms with E-state index in [0.29, 0.717) is 18.1 Å². The van der Waals surface area contributed by atoms with Crippen molar-refractivity contribution < 1.29 is 4.79 Å². The van der Waals surface area contributed by atoms with E-state index in [9.17, 15) is 4.79 Å². The molecular formula is C11H22N2OS2. The molecular weight excluding hydrogens is 240 g/mol. The molecule has 0 saturated carbocycles. The molecule has 1 fully saturated rings. The van der Waals surface area contributed by atoms with E-state index in [-0.39, 0.29) is 5.91 Å². The summed E-state index contributed by atoms with van der Waals surface area (Å²) in [7, 11) is 0. The Balaban J connectivity index is 2.33. The van der Waals surface area contributed by atoms with E-state index < -0.39 is 5.54 Å². The number of rotatable bonds is 5. The third-order valence-electron chi connectivity index (χ3n) is 3.09. The lowest BCUT2D eigenvalue weighted by atomic mass is 9.93. The predicted octanol–water partition coefficient (Wildman–Crippen LogP) is 1.47. The van der Waals surface area contributed by atoms with Crippen LogP contribution in [0.1, 0.15) is 26.7 Å². The summed E-state index contributed by atoms with van der Waals surface area (Å²) < 4.78 is 0. The first-order chi connectivity index (χ1) is 7.62. The fourth-order valence-corrected chi connectivity index (χ4v) is 4.22. The summed E-state index contributed by atoms with van der Waals surface area (Å²) in [6, 6.07) is 0. The molecule has 1 heterocycles. The Morgan fingerprint density at radius 3 is 2.62 bits per heavy atom. The minimum atomic E-state index is -0.674. The van der Waals surface area contributed by atoms with Gasteiger partial charge in [-0.05, 0) is 12.8 Å². The van der Waals surface area contributed by atoms with Crippen molar-refractivity contribution in [3.63, 3.8) is 0 Å². The van der Waals surface area contributed by atoms with Gasteiger partial charge in [0, 0.05) is 29.1 Å². The molecule has 0 aromatic carbocycles. The average Bonchev–Trinajstić information content (AvgIpc) is 2.36. The van der Waals surface area contributed by atoms with Crippen LogP contribution in [0.4, 0.5) is 0 Å². The molecule has 94 valence electrons. The monoisotopic (exact) mass is 262 g/mol. The Morgan fingerprint density at radius 2 is 2.12 bits per heavy atom. The summed E-state index contributed by atoms with van der Waals surface area (Å²) >= 11 is 3.92. The van der Waals surface area contributed by atoms with Crippen LogP contribution in [0.2, 0.25) is 0 Å². The predicted molar refractivity (Wildman–Crippen MR) is 74.1 cm³/mol. The van der Waals surface area contributed by atoms with E-state index in [1.807, 2.05) is 37.4 Å². The van der Waals surface area contributed by atoms with Gasteiger partial charge in [0.05, 0.1) is 5.54 Å². The van der Waals surface area contributed by atoms with Gasteiger partial charge in [-0.3, -0.25) is 4.79 Å². The number of hydrogen-bond donors (Lipinski definition) is 2. The van der Waals surface area contributed by atoms with Gasteiger partial charge < -0.3 is 11.1 Å². The topological polar surface area (TPSA) is 55.1 Å². The largest absolute Gasteiger partial charge is 0.353 e. The van der Waals surface area contributed by atoms with Crippen LogP contribution in [0.5, 0.6) is 0 Å². The van der Waals surface area contributed by atoms with Crippen molar-refractivity contribution in [3.05, 3.63) is 0 Å². The van der Waals surface area contributed by atoms with Crippen LogP contribution in [0.15, 0.2) is 0 Å². The van der Waals surface area contributed by atoms with Gasteiger partial charge in [-0.15, -0.1) is 0 Å². The van der Waals surface area contributed by atoms with E-state index in [4.69, 9.17) is 5.73 Å². The van der Waals surface area contributed by atoms with Crippen molar-refractivity contribution in [1.82, 2.24) is 5.32 Å². The van der Waals surface area contributed by atoms with Crippen LogP contribution < -0.4 is 11.1 Å². The van der Waals surface area contributed by atoms with E-state index in [2.05, 4.69) is 5.32 Å². The Bertz CT molecular complexity index is 226. The zero-order valence-electron chi connectivity index (χ0n) is 10.1. The summed E-state index contributed by atoms with van der Waals surface area (Å²) in [6.45, 7) is 4.69. The van der Waals surface area contributed by atoms with Gasteiger partial charge in [0.15, 0.2) is 0 Å². The normalized spacial score (nSPS) is 21.8. The van der Waals surface area contributed by atoms with E-state index in [1.54, 1.807) is 0 Å². The number of carbonyl (C=O) groups excluding carboxylic acids is 1. The second-order valence-corrected chi connectivity index (χ2v) is 6.70. The van der Waals surface area contributed by atoms with Crippen LogP contribution >= 0.6 is 23.5 Å². The van der Waals surface area contributed by atoms with Crippen molar-refractivity contribution in [2.24, 2.45) is 5.73 Å². The van der Waals surface area contributed by atoms with E-state index >= 15 is 0 Å². The Kier molecular flexibility index (Phi) is 6.00. The summed E-state index contributed by atoms with van der Waals surface area (Å²) in [5.41, 5.74) is 5.36. The molecule has 0 aliphatic carbocycles. The molecule has 0 aromatic rings. The fourth-order valence-electron chi connectivity index (χ4n) is 1.61. The molecule has 1 aliphatic heterocycles. The molecule has 3 nitrogen and oxygen atoms in total. The number of carbonyl (C=O) groups is 1. The number of hydrogen-bond acceptors (Lipinski definition) is 4. The van der Waals surface area contributed by atoms with Gasteiger partial charge in [0.2, 0.25) is 5.91 Å². The number of thioether (sulfide) groups is 2. The van der Waals surface area contributed by atoms with Crippen molar-refractivity contribution in [2.45, 2.75) is 37.5 Å². The maximum Gasteiger partial charge on any atom is 0.240 e.